The zero-order valence-electron chi connectivity index (χ0n) is 18.4. The number of benzene rings is 1. The molecule has 2 unspecified atom stereocenters. The van der Waals surface area contributed by atoms with Crippen molar-refractivity contribution in [1.29, 1.82) is 0 Å². The average molecular weight is 552 g/mol. The van der Waals surface area contributed by atoms with Gasteiger partial charge in [0.15, 0.2) is 5.96 Å². The lowest BCUT2D eigenvalue weighted by Crippen LogP contribution is -2.44. The Hall–Kier alpha value is -1.26. The third kappa shape index (κ3) is 8.85. The third-order valence-electron chi connectivity index (χ3n) is 4.94. The van der Waals surface area contributed by atoms with Crippen molar-refractivity contribution in [1.82, 2.24) is 20.4 Å². The highest BCUT2D eigenvalue weighted by Crippen LogP contribution is 2.19. The zero-order chi connectivity index (χ0) is 21.2. The number of aliphatic imine (C=N–C) groups is 1. The predicted octanol–water partition coefficient (Wildman–Crippen LogP) is 2.83. The van der Waals surface area contributed by atoms with E-state index in [1.165, 1.54) is 0 Å². The number of likely N-dealkylation sites (N-methyl/N-ethyl adjacent to an activating group) is 1. The van der Waals surface area contributed by atoms with Gasteiger partial charge in [-0.2, -0.15) is 0 Å². The van der Waals surface area contributed by atoms with Crippen LogP contribution in [-0.2, 0) is 4.79 Å². The van der Waals surface area contributed by atoms with Crippen molar-refractivity contribution in [3.63, 3.8) is 0 Å². The summed E-state index contributed by atoms with van der Waals surface area (Å²) in [6.45, 7) is 5.34. The van der Waals surface area contributed by atoms with Crippen LogP contribution in [0.5, 0.6) is 5.75 Å². The molecule has 1 aliphatic heterocycles. The molecule has 1 saturated heterocycles. The first-order chi connectivity index (χ1) is 13.9. The Morgan fingerprint density at radius 2 is 2.03 bits per heavy atom. The monoisotopic (exact) mass is 551 g/mol. The van der Waals surface area contributed by atoms with Gasteiger partial charge in [0.25, 0.3) is 0 Å². The van der Waals surface area contributed by atoms with E-state index in [0.717, 1.165) is 50.6 Å². The van der Waals surface area contributed by atoms with Crippen LogP contribution in [0.15, 0.2) is 29.3 Å². The minimum atomic E-state index is -0.0165. The summed E-state index contributed by atoms with van der Waals surface area (Å²) < 4.78 is 5.86. The van der Waals surface area contributed by atoms with E-state index in [2.05, 4.69) is 20.5 Å². The summed E-state index contributed by atoms with van der Waals surface area (Å²) in [5.41, 5.74) is 0. The fraction of sp³-hybridized carbons (Fsp3) is 0.619. The number of amides is 1. The van der Waals surface area contributed by atoms with Crippen molar-refractivity contribution in [2.75, 3.05) is 47.3 Å². The smallest absolute Gasteiger partial charge is 0.239 e. The minimum Gasteiger partial charge on any atom is -0.489 e. The van der Waals surface area contributed by atoms with E-state index in [-0.39, 0.29) is 42.0 Å². The number of halogens is 2. The van der Waals surface area contributed by atoms with Crippen molar-refractivity contribution in [3.05, 3.63) is 29.3 Å². The number of nitrogens with zero attached hydrogens (tertiary/aromatic N) is 3. The number of carbonyl (C=O) groups excluding carboxylic acids is 1. The van der Waals surface area contributed by atoms with Crippen LogP contribution in [0, 0.1) is 0 Å². The predicted molar refractivity (Wildman–Crippen MR) is 134 cm³/mol. The molecule has 0 aromatic heterocycles. The van der Waals surface area contributed by atoms with Gasteiger partial charge in [-0.05, 0) is 57.0 Å². The van der Waals surface area contributed by atoms with Crippen molar-refractivity contribution in [2.45, 2.75) is 38.3 Å². The molecule has 9 heteroatoms. The van der Waals surface area contributed by atoms with E-state index < -0.39 is 0 Å². The first-order valence-electron chi connectivity index (χ1n) is 10.2. The maximum Gasteiger partial charge on any atom is 0.239 e. The van der Waals surface area contributed by atoms with Crippen LogP contribution in [-0.4, -0.2) is 81.1 Å². The quantitative estimate of drug-likeness (QED) is 0.214. The highest BCUT2D eigenvalue weighted by Gasteiger charge is 2.30. The molecule has 30 heavy (non-hydrogen) atoms. The van der Waals surface area contributed by atoms with E-state index >= 15 is 0 Å². The van der Waals surface area contributed by atoms with E-state index in [9.17, 15) is 4.79 Å². The molecule has 1 aliphatic rings. The molecule has 1 aromatic rings. The third-order valence-corrected chi connectivity index (χ3v) is 5.19. The number of hydrogen-bond donors (Lipinski definition) is 2. The average Bonchev–Trinajstić information content (AvgIpc) is 3.17. The highest BCUT2D eigenvalue weighted by atomic mass is 127. The van der Waals surface area contributed by atoms with Crippen LogP contribution in [0.25, 0.3) is 0 Å². The molecule has 1 fully saturated rings. The van der Waals surface area contributed by atoms with Gasteiger partial charge < -0.3 is 20.3 Å². The lowest BCUT2D eigenvalue weighted by atomic mass is 10.2. The number of ether oxygens (including phenoxy) is 1. The minimum absolute atomic E-state index is 0. The second kappa shape index (κ2) is 13.9. The summed E-state index contributed by atoms with van der Waals surface area (Å²) in [5, 5.41) is 7.31. The highest BCUT2D eigenvalue weighted by molar-refractivity contribution is 14.0. The summed E-state index contributed by atoms with van der Waals surface area (Å²) in [7, 11) is 5.41. The lowest BCUT2D eigenvalue weighted by molar-refractivity contribution is -0.133. The summed E-state index contributed by atoms with van der Waals surface area (Å²) in [6, 6.07) is 7.38. The van der Waals surface area contributed by atoms with Gasteiger partial charge in [0.05, 0.1) is 12.6 Å². The summed E-state index contributed by atoms with van der Waals surface area (Å²) >= 11 is 5.90. The first-order valence-corrected chi connectivity index (χ1v) is 10.6. The van der Waals surface area contributed by atoms with Gasteiger partial charge in [-0.15, -0.1) is 24.0 Å². The fourth-order valence-corrected chi connectivity index (χ4v) is 3.53. The Morgan fingerprint density at radius 3 is 2.67 bits per heavy atom. The molecule has 1 heterocycles. The maximum absolute atomic E-state index is 12.3. The lowest BCUT2D eigenvalue weighted by Gasteiger charge is -2.26. The number of hydrogen-bond acceptors (Lipinski definition) is 4. The zero-order valence-corrected chi connectivity index (χ0v) is 21.4. The van der Waals surface area contributed by atoms with Crippen molar-refractivity contribution >= 4 is 47.4 Å². The second-order valence-electron chi connectivity index (χ2n) is 7.54. The molecule has 170 valence electrons. The molecular weight excluding hydrogens is 517 g/mol. The largest absolute Gasteiger partial charge is 0.489 e. The first kappa shape index (κ1) is 26.8. The molecule has 1 amide bonds. The van der Waals surface area contributed by atoms with Gasteiger partial charge >= 0.3 is 0 Å². The Bertz CT molecular complexity index is 672. The van der Waals surface area contributed by atoms with Crippen molar-refractivity contribution < 1.29 is 9.53 Å². The number of likely N-dealkylation sites (tertiary alicyclic amines) is 1. The SMILES string of the molecule is CN=C(NCCCN1CCCC1C(=O)N(C)C)NCC(C)Oc1ccc(Cl)cc1.I. The molecule has 0 saturated carbocycles. The summed E-state index contributed by atoms with van der Waals surface area (Å²) in [6.07, 6.45) is 2.98. The van der Waals surface area contributed by atoms with Gasteiger partial charge in [-0.3, -0.25) is 14.7 Å². The Labute approximate surface area is 202 Å². The van der Waals surface area contributed by atoms with Crippen LogP contribution in [0.3, 0.4) is 0 Å². The van der Waals surface area contributed by atoms with Gasteiger partial charge in [0.2, 0.25) is 5.91 Å². The van der Waals surface area contributed by atoms with E-state index in [1.54, 1.807) is 11.9 Å². The second-order valence-corrected chi connectivity index (χ2v) is 7.98. The molecule has 2 N–H and O–H groups in total. The van der Waals surface area contributed by atoms with Crippen LogP contribution in [0.4, 0.5) is 0 Å². The number of rotatable bonds is 9. The van der Waals surface area contributed by atoms with E-state index in [0.29, 0.717) is 11.6 Å². The maximum atomic E-state index is 12.3. The van der Waals surface area contributed by atoms with E-state index in [1.807, 2.05) is 45.3 Å². The van der Waals surface area contributed by atoms with Crippen LogP contribution < -0.4 is 15.4 Å². The van der Waals surface area contributed by atoms with Crippen molar-refractivity contribution in [3.8, 4) is 5.75 Å². The molecule has 1 aromatic carbocycles. The normalized spacial score (nSPS) is 17.8. The standard InChI is InChI=1S/C21H34ClN5O2.HI/c1-16(29-18-10-8-17(22)9-11-18)15-25-21(23-2)24-12-6-14-27-13-5-7-19(27)20(28)26(3)4;/h8-11,16,19H,5-7,12-15H2,1-4H3,(H2,23,24,25);1H. The molecule has 0 spiro atoms. The molecule has 0 bridgehead atoms. The number of guanidine groups is 1. The van der Waals surface area contributed by atoms with Gasteiger partial charge in [0.1, 0.15) is 11.9 Å². The summed E-state index contributed by atoms with van der Waals surface area (Å²) in [4.78, 5) is 20.5. The molecular formula is C21H35ClIN5O2. The number of carbonyl (C=O) groups is 1. The molecule has 0 radical (unpaired) electrons. The van der Waals surface area contributed by atoms with Crippen LogP contribution >= 0.6 is 35.6 Å². The van der Waals surface area contributed by atoms with Gasteiger partial charge in [-0.1, -0.05) is 11.6 Å². The van der Waals surface area contributed by atoms with Gasteiger partial charge in [-0.25, -0.2) is 0 Å². The van der Waals surface area contributed by atoms with Crippen molar-refractivity contribution in [2.24, 2.45) is 4.99 Å². The fourth-order valence-electron chi connectivity index (χ4n) is 3.41. The summed E-state index contributed by atoms with van der Waals surface area (Å²) in [5.74, 6) is 1.75. The number of nitrogens with one attached hydrogen (secondary N) is 2. The van der Waals surface area contributed by atoms with Crippen LogP contribution in [0.1, 0.15) is 26.2 Å². The Balaban J connectivity index is 0.00000450. The Kier molecular flexibility index (Phi) is 12.4. The van der Waals surface area contributed by atoms with Crippen LogP contribution in [0.2, 0.25) is 5.02 Å². The molecule has 2 rings (SSSR count). The van der Waals surface area contributed by atoms with Gasteiger partial charge in [0, 0.05) is 39.3 Å². The molecule has 2 atom stereocenters. The Morgan fingerprint density at radius 1 is 1.33 bits per heavy atom. The molecule has 7 nitrogen and oxygen atoms in total. The van der Waals surface area contributed by atoms with E-state index in [4.69, 9.17) is 16.3 Å². The molecule has 0 aliphatic carbocycles. The topological polar surface area (TPSA) is 69.2 Å².